The number of hydrogen-bond donors (Lipinski definition) is 1. The molecule has 4 nitrogen and oxygen atoms in total. The molecule has 4 heteroatoms. The molecule has 1 amide bonds. The third kappa shape index (κ3) is 2.82. The fraction of sp³-hybridized carbons (Fsp3) is 0.500. The molecule has 0 unspecified atom stereocenters. The highest BCUT2D eigenvalue weighted by molar-refractivity contribution is 5.97. The summed E-state index contributed by atoms with van der Waals surface area (Å²) in [6.07, 6.45) is 1.97. The molecule has 0 bridgehead atoms. The molecular formula is C14H20N2O2. The summed E-state index contributed by atoms with van der Waals surface area (Å²) < 4.78 is 5.50. The third-order valence-corrected chi connectivity index (χ3v) is 3.16. The maximum absolute atomic E-state index is 12.4. The summed E-state index contributed by atoms with van der Waals surface area (Å²) >= 11 is 0. The molecule has 1 aliphatic heterocycles. The largest absolute Gasteiger partial charge is 0.493 e. The van der Waals surface area contributed by atoms with Crippen molar-refractivity contribution >= 4 is 5.91 Å². The number of nitrogens with zero attached hydrogens (tertiary/aromatic N) is 1. The van der Waals surface area contributed by atoms with Crippen molar-refractivity contribution < 1.29 is 9.53 Å². The molecule has 1 atom stereocenters. The van der Waals surface area contributed by atoms with Crippen molar-refractivity contribution in [1.29, 1.82) is 0 Å². The first kappa shape index (κ1) is 12.9. The molecule has 1 fully saturated rings. The topological polar surface area (TPSA) is 55.6 Å². The van der Waals surface area contributed by atoms with Crippen LogP contribution in [0.25, 0.3) is 0 Å². The Morgan fingerprint density at radius 3 is 3.00 bits per heavy atom. The maximum atomic E-state index is 12.4. The Kier molecular flexibility index (Phi) is 4.20. The van der Waals surface area contributed by atoms with Crippen molar-refractivity contribution in [3.63, 3.8) is 0 Å². The maximum Gasteiger partial charge on any atom is 0.257 e. The van der Waals surface area contributed by atoms with Crippen LogP contribution in [0.1, 0.15) is 30.1 Å². The second kappa shape index (κ2) is 5.87. The molecule has 1 aromatic carbocycles. The van der Waals surface area contributed by atoms with Crippen molar-refractivity contribution in [1.82, 2.24) is 4.90 Å². The lowest BCUT2D eigenvalue weighted by molar-refractivity contribution is 0.0704. The van der Waals surface area contributed by atoms with Gasteiger partial charge in [0.05, 0.1) is 12.2 Å². The summed E-state index contributed by atoms with van der Waals surface area (Å²) in [6.45, 7) is 3.90. The first-order chi connectivity index (χ1) is 8.72. The van der Waals surface area contributed by atoms with Gasteiger partial charge >= 0.3 is 0 Å². The predicted molar refractivity (Wildman–Crippen MR) is 70.7 cm³/mol. The van der Waals surface area contributed by atoms with E-state index in [-0.39, 0.29) is 11.9 Å². The van der Waals surface area contributed by atoms with Crippen LogP contribution in [0, 0.1) is 0 Å². The second-order valence-electron chi connectivity index (χ2n) is 4.58. The molecule has 1 saturated heterocycles. The number of para-hydroxylation sites is 1. The summed E-state index contributed by atoms with van der Waals surface area (Å²) in [4.78, 5) is 14.3. The third-order valence-electron chi connectivity index (χ3n) is 3.16. The van der Waals surface area contributed by atoms with Gasteiger partial charge in [0.1, 0.15) is 5.75 Å². The van der Waals surface area contributed by atoms with Gasteiger partial charge in [0.2, 0.25) is 0 Å². The second-order valence-corrected chi connectivity index (χ2v) is 4.58. The molecule has 1 aromatic rings. The van der Waals surface area contributed by atoms with E-state index in [1.165, 1.54) is 0 Å². The van der Waals surface area contributed by atoms with Gasteiger partial charge in [-0.25, -0.2) is 0 Å². The van der Waals surface area contributed by atoms with Crippen LogP contribution in [0.2, 0.25) is 0 Å². The molecule has 98 valence electrons. The molecule has 0 aromatic heterocycles. The van der Waals surface area contributed by atoms with E-state index in [1.807, 2.05) is 36.1 Å². The van der Waals surface area contributed by atoms with Gasteiger partial charge in [0, 0.05) is 19.1 Å². The molecule has 18 heavy (non-hydrogen) atoms. The summed E-state index contributed by atoms with van der Waals surface area (Å²) in [5.74, 6) is 0.679. The lowest BCUT2D eigenvalue weighted by Crippen LogP contribution is -2.45. The van der Waals surface area contributed by atoms with Crippen molar-refractivity contribution in [2.45, 2.75) is 25.8 Å². The lowest BCUT2D eigenvalue weighted by Gasteiger charge is -2.31. The molecule has 2 rings (SSSR count). The van der Waals surface area contributed by atoms with Crippen molar-refractivity contribution in [3.05, 3.63) is 29.8 Å². The van der Waals surface area contributed by atoms with E-state index in [0.29, 0.717) is 24.5 Å². The molecule has 2 N–H and O–H groups in total. The monoisotopic (exact) mass is 248 g/mol. The fourth-order valence-corrected chi connectivity index (χ4v) is 2.29. The Labute approximate surface area is 108 Å². The average molecular weight is 248 g/mol. The smallest absolute Gasteiger partial charge is 0.257 e. The zero-order valence-electron chi connectivity index (χ0n) is 10.8. The Morgan fingerprint density at radius 1 is 1.50 bits per heavy atom. The van der Waals surface area contributed by atoms with Crippen LogP contribution < -0.4 is 10.5 Å². The van der Waals surface area contributed by atoms with Gasteiger partial charge in [-0.3, -0.25) is 4.79 Å². The summed E-state index contributed by atoms with van der Waals surface area (Å²) in [7, 11) is 0. The summed E-state index contributed by atoms with van der Waals surface area (Å²) in [5, 5.41) is 0. The predicted octanol–water partition coefficient (Wildman–Crippen LogP) is 1.65. The van der Waals surface area contributed by atoms with Crippen LogP contribution in [0.15, 0.2) is 24.3 Å². The van der Waals surface area contributed by atoms with E-state index in [4.69, 9.17) is 10.5 Å². The van der Waals surface area contributed by atoms with E-state index in [2.05, 4.69) is 0 Å². The van der Waals surface area contributed by atoms with Gasteiger partial charge in [-0.1, -0.05) is 12.1 Å². The minimum atomic E-state index is 0.0224. The van der Waals surface area contributed by atoms with E-state index in [1.54, 1.807) is 0 Å². The van der Waals surface area contributed by atoms with E-state index in [9.17, 15) is 4.79 Å². The summed E-state index contributed by atoms with van der Waals surface area (Å²) in [6, 6.07) is 7.49. The van der Waals surface area contributed by atoms with Crippen molar-refractivity contribution in [3.8, 4) is 5.75 Å². The van der Waals surface area contributed by atoms with Gasteiger partial charge < -0.3 is 15.4 Å². The minimum Gasteiger partial charge on any atom is -0.493 e. The Balaban J connectivity index is 2.17. The molecule has 0 saturated carbocycles. The van der Waals surface area contributed by atoms with Gasteiger partial charge in [0.25, 0.3) is 5.91 Å². The SMILES string of the molecule is CCOc1ccccc1C(=O)N1CCC[C@@H](N)C1. The highest BCUT2D eigenvalue weighted by Gasteiger charge is 2.24. The quantitative estimate of drug-likeness (QED) is 0.885. The molecule has 1 heterocycles. The van der Waals surface area contributed by atoms with Gasteiger partial charge in [-0.15, -0.1) is 0 Å². The number of rotatable bonds is 3. The van der Waals surface area contributed by atoms with E-state index in [0.717, 1.165) is 19.4 Å². The van der Waals surface area contributed by atoms with Gasteiger partial charge in [0.15, 0.2) is 0 Å². The van der Waals surface area contributed by atoms with Gasteiger partial charge in [-0.05, 0) is 31.9 Å². The molecule has 0 spiro atoms. The van der Waals surface area contributed by atoms with Crippen molar-refractivity contribution in [2.24, 2.45) is 5.73 Å². The van der Waals surface area contributed by atoms with Crippen LogP contribution in [0.4, 0.5) is 0 Å². The summed E-state index contributed by atoms with van der Waals surface area (Å²) in [5.41, 5.74) is 6.55. The van der Waals surface area contributed by atoms with Crippen LogP contribution in [0.5, 0.6) is 5.75 Å². The zero-order valence-corrected chi connectivity index (χ0v) is 10.8. The number of likely N-dealkylation sites (tertiary alicyclic amines) is 1. The number of nitrogens with two attached hydrogens (primary N) is 1. The van der Waals surface area contributed by atoms with E-state index < -0.39 is 0 Å². The van der Waals surface area contributed by atoms with Crippen LogP contribution in [-0.4, -0.2) is 36.5 Å². The highest BCUT2D eigenvalue weighted by Crippen LogP contribution is 2.21. The standard InChI is InChI=1S/C14H20N2O2/c1-2-18-13-8-4-3-7-12(13)14(17)16-9-5-6-11(15)10-16/h3-4,7-8,11H,2,5-6,9-10,15H2,1H3/t11-/m1/s1. The minimum absolute atomic E-state index is 0.0224. The average Bonchev–Trinajstić information content (AvgIpc) is 2.39. The highest BCUT2D eigenvalue weighted by atomic mass is 16.5. The number of carbonyl (C=O) groups excluding carboxylic acids is 1. The number of ether oxygens (including phenoxy) is 1. The Morgan fingerprint density at radius 2 is 2.28 bits per heavy atom. The van der Waals surface area contributed by atoms with Crippen LogP contribution >= 0.6 is 0 Å². The fourth-order valence-electron chi connectivity index (χ4n) is 2.29. The normalized spacial score (nSPS) is 19.7. The number of hydrogen-bond acceptors (Lipinski definition) is 3. The van der Waals surface area contributed by atoms with Crippen molar-refractivity contribution in [2.75, 3.05) is 19.7 Å². The molecular weight excluding hydrogens is 228 g/mol. The first-order valence-corrected chi connectivity index (χ1v) is 6.49. The molecule has 0 radical (unpaired) electrons. The zero-order chi connectivity index (χ0) is 13.0. The first-order valence-electron chi connectivity index (χ1n) is 6.49. The Bertz CT molecular complexity index is 420. The number of piperidine rings is 1. The van der Waals surface area contributed by atoms with E-state index >= 15 is 0 Å². The molecule has 0 aliphatic carbocycles. The molecule has 1 aliphatic rings. The van der Waals surface area contributed by atoms with Crippen LogP contribution in [-0.2, 0) is 0 Å². The van der Waals surface area contributed by atoms with Crippen LogP contribution in [0.3, 0.4) is 0 Å². The van der Waals surface area contributed by atoms with Gasteiger partial charge in [-0.2, -0.15) is 0 Å². The number of amides is 1. The lowest BCUT2D eigenvalue weighted by atomic mass is 10.0. The Hall–Kier alpha value is -1.55. The number of benzene rings is 1. The number of carbonyl (C=O) groups is 1.